The number of anilines is 1. The van der Waals surface area contributed by atoms with E-state index in [1.165, 1.54) is 29.5 Å². The molecule has 0 bridgehead atoms. The fourth-order valence-corrected chi connectivity index (χ4v) is 3.25. The van der Waals surface area contributed by atoms with Crippen LogP contribution in [0.3, 0.4) is 0 Å². The quantitative estimate of drug-likeness (QED) is 0.683. The van der Waals surface area contributed by atoms with E-state index in [0.29, 0.717) is 5.69 Å². The van der Waals surface area contributed by atoms with Gasteiger partial charge in [-0.1, -0.05) is 42.5 Å². The van der Waals surface area contributed by atoms with Crippen molar-refractivity contribution in [3.63, 3.8) is 0 Å². The van der Waals surface area contributed by atoms with Gasteiger partial charge in [-0.2, -0.15) is 0 Å². The minimum absolute atomic E-state index is 0.0701. The molecule has 3 aromatic rings. The first-order chi connectivity index (χ1) is 13.0. The average molecular weight is 383 g/mol. The number of nitrogens with zero attached hydrogens (tertiary/aromatic N) is 1. The van der Waals surface area contributed by atoms with Crippen molar-refractivity contribution in [2.45, 2.75) is 19.4 Å². The molecule has 0 aliphatic rings. The second-order valence-corrected chi connectivity index (χ2v) is 6.80. The number of rotatable bonds is 6. The molecule has 138 valence electrons. The Bertz CT molecular complexity index is 943. The lowest BCUT2D eigenvalue weighted by molar-refractivity contribution is -0.125. The molecule has 1 aromatic heterocycles. The summed E-state index contributed by atoms with van der Waals surface area (Å²) in [7, 11) is 0. The number of benzene rings is 2. The Labute approximate surface area is 160 Å². The van der Waals surface area contributed by atoms with Crippen LogP contribution in [0.2, 0.25) is 0 Å². The van der Waals surface area contributed by atoms with E-state index in [0.717, 1.165) is 10.6 Å². The fraction of sp³-hybridized carbons (Fsp3) is 0.150. The Morgan fingerprint density at radius 3 is 2.56 bits per heavy atom. The number of thiazole rings is 1. The molecule has 1 heterocycles. The van der Waals surface area contributed by atoms with Gasteiger partial charge in [0.25, 0.3) is 0 Å². The summed E-state index contributed by atoms with van der Waals surface area (Å²) in [5, 5.41) is 7.73. The van der Waals surface area contributed by atoms with Crippen molar-refractivity contribution in [1.29, 1.82) is 0 Å². The zero-order valence-corrected chi connectivity index (χ0v) is 15.4. The number of carbonyl (C=O) groups is 2. The first kappa shape index (κ1) is 18.7. The molecule has 0 spiro atoms. The largest absolute Gasteiger partial charge is 0.344 e. The smallest absolute Gasteiger partial charge is 0.246 e. The van der Waals surface area contributed by atoms with Crippen molar-refractivity contribution in [2.24, 2.45) is 0 Å². The lowest BCUT2D eigenvalue weighted by atomic mass is 10.2. The molecule has 5 nitrogen and oxygen atoms in total. The lowest BCUT2D eigenvalue weighted by Crippen LogP contribution is -2.42. The van der Waals surface area contributed by atoms with E-state index in [4.69, 9.17) is 0 Å². The van der Waals surface area contributed by atoms with E-state index < -0.39 is 17.8 Å². The van der Waals surface area contributed by atoms with Crippen molar-refractivity contribution in [2.75, 3.05) is 5.32 Å². The number of halogens is 1. The molecule has 27 heavy (non-hydrogen) atoms. The summed E-state index contributed by atoms with van der Waals surface area (Å²) in [6.45, 7) is 1.55. The third-order valence-corrected chi connectivity index (χ3v) is 4.76. The molecule has 1 unspecified atom stereocenters. The Balaban J connectivity index is 1.55. The summed E-state index contributed by atoms with van der Waals surface area (Å²) in [6.07, 6.45) is 0.0701. The highest BCUT2D eigenvalue weighted by molar-refractivity contribution is 7.13. The van der Waals surface area contributed by atoms with Crippen LogP contribution < -0.4 is 10.6 Å². The van der Waals surface area contributed by atoms with Crippen molar-refractivity contribution < 1.29 is 14.0 Å². The second-order valence-electron chi connectivity index (χ2n) is 5.95. The zero-order chi connectivity index (χ0) is 19.2. The predicted molar refractivity (Wildman–Crippen MR) is 104 cm³/mol. The van der Waals surface area contributed by atoms with Crippen LogP contribution in [0.4, 0.5) is 10.1 Å². The van der Waals surface area contributed by atoms with Crippen LogP contribution in [-0.2, 0) is 16.0 Å². The molecule has 7 heteroatoms. The summed E-state index contributed by atoms with van der Waals surface area (Å²) >= 11 is 1.46. The molecule has 0 aliphatic heterocycles. The summed E-state index contributed by atoms with van der Waals surface area (Å²) in [6, 6.07) is 14.8. The Morgan fingerprint density at radius 1 is 1.11 bits per heavy atom. The average Bonchev–Trinajstić information content (AvgIpc) is 3.12. The third-order valence-electron chi connectivity index (χ3n) is 3.82. The highest BCUT2D eigenvalue weighted by Crippen LogP contribution is 2.23. The zero-order valence-electron chi connectivity index (χ0n) is 14.6. The SMILES string of the molecule is CC(NC(=O)Cc1csc(-c2ccccc2)n1)C(=O)Nc1ccccc1F. The number of carbonyl (C=O) groups excluding carboxylic acids is 2. The molecule has 2 amide bonds. The van der Waals surface area contributed by atoms with Crippen molar-refractivity contribution in [1.82, 2.24) is 10.3 Å². The van der Waals surface area contributed by atoms with Gasteiger partial charge in [0.2, 0.25) is 11.8 Å². The van der Waals surface area contributed by atoms with Gasteiger partial charge in [0.15, 0.2) is 0 Å². The monoisotopic (exact) mass is 383 g/mol. The second kappa shape index (κ2) is 8.55. The molecule has 0 radical (unpaired) electrons. The van der Waals surface area contributed by atoms with Gasteiger partial charge < -0.3 is 10.6 Å². The van der Waals surface area contributed by atoms with Crippen LogP contribution in [0.5, 0.6) is 0 Å². The summed E-state index contributed by atoms with van der Waals surface area (Å²) in [5.74, 6) is -1.34. The highest BCUT2D eigenvalue weighted by Gasteiger charge is 2.18. The normalized spacial score (nSPS) is 11.6. The molecular formula is C20H18FN3O2S. The molecule has 0 aliphatic carbocycles. The topological polar surface area (TPSA) is 71.1 Å². The summed E-state index contributed by atoms with van der Waals surface area (Å²) < 4.78 is 13.6. The van der Waals surface area contributed by atoms with E-state index in [1.54, 1.807) is 13.0 Å². The van der Waals surface area contributed by atoms with Crippen LogP contribution in [-0.4, -0.2) is 22.8 Å². The van der Waals surface area contributed by atoms with Gasteiger partial charge in [0, 0.05) is 10.9 Å². The number of hydrogen-bond donors (Lipinski definition) is 2. The van der Waals surface area contributed by atoms with Gasteiger partial charge >= 0.3 is 0 Å². The van der Waals surface area contributed by atoms with E-state index in [9.17, 15) is 14.0 Å². The standard InChI is InChI=1S/C20H18FN3O2S/c1-13(19(26)24-17-10-6-5-9-16(17)21)22-18(25)11-15-12-27-20(23-15)14-7-3-2-4-8-14/h2-10,12-13H,11H2,1H3,(H,22,25)(H,24,26). The Kier molecular flexibility index (Phi) is 5.93. The van der Waals surface area contributed by atoms with Gasteiger partial charge in [-0.25, -0.2) is 9.37 Å². The number of para-hydroxylation sites is 1. The molecule has 0 saturated heterocycles. The van der Waals surface area contributed by atoms with Crippen molar-refractivity contribution in [3.8, 4) is 10.6 Å². The fourth-order valence-electron chi connectivity index (χ4n) is 2.43. The molecule has 2 N–H and O–H groups in total. The molecule has 0 fully saturated rings. The molecular weight excluding hydrogens is 365 g/mol. The van der Waals surface area contributed by atoms with Gasteiger partial charge in [-0.05, 0) is 19.1 Å². The minimum atomic E-state index is -0.802. The molecule has 1 atom stereocenters. The Morgan fingerprint density at radius 2 is 1.81 bits per heavy atom. The van der Waals surface area contributed by atoms with E-state index >= 15 is 0 Å². The van der Waals surface area contributed by atoms with Crippen molar-refractivity contribution in [3.05, 3.63) is 71.5 Å². The first-order valence-electron chi connectivity index (χ1n) is 8.37. The van der Waals surface area contributed by atoms with Crippen LogP contribution in [0.1, 0.15) is 12.6 Å². The third kappa shape index (κ3) is 4.98. The number of hydrogen-bond acceptors (Lipinski definition) is 4. The lowest BCUT2D eigenvalue weighted by Gasteiger charge is -2.14. The Hall–Kier alpha value is -3.06. The van der Waals surface area contributed by atoms with Crippen molar-refractivity contribution >= 4 is 28.8 Å². The number of nitrogens with one attached hydrogen (secondary N) is 2. The van der Waals surface area contributed by atoms with Gasteiger partial charge in [0.05, 0.1) is 17.8 Å². The van der Waals surface area contributed by atoms with Crippen LogP contribution in [0.25, 0.3) is 10.6 Å². The van der Waals surface area contributed by atoms with E-state index in [1.807, 2.05) is 35.7 Å². The van der Waals surface area contributed by atoms with Crippen LogP contribution in [0.15, 0.2) is 60.0 Å². The molecule has 0 saturated carbocycles. The predicted octanol–water partition coefficient (Wildman–Crippen LogP) is 3.64. The van der Waals surface area contributed by atoms with Gasteiger partial charge in [0.1, 0.15) is 16.9 Å². The highest BCUT2D eigenvalue weighted by atomic mass is 32.1. The van der Waals surface area contributed by atoms with E-state index in [2.05, 4.69) is 15.6 Å². The van der Waals surface area contributed by atoms with Gasteiger partial charge in [-0.3, -0.25) is 9.59 Å². The minimum Gasteiger partial charge on any atom is -0.344 e. The maximum Gasteiger partial charge on any atom is 0.246 e. The molecule has 2 aromatic carbocycles. The summed E-state index contributed by atoms with van der Waals surface area (Å²) in [5.41, 5.74) is 1.71. The van der Waals surface area contributed by atoms with E-state index in [-0.39, 0.29) is 18.0 Å². The van der Waals surface area contributed by atoms with Crippen LogP contribution in [0, 0.1) is 5.82 Å². The number of aromatic nitrogens is 1. The number of amides is 2. The first-order valence-corrected chi connectivity index (χ1v) is 9.25. The maximum absolute atomic E-state index is 13.6. The maximum atomic E-state index is 13.6. The summed E-state index contributed by atoms with van der Waals surface area (Å²) in [4.78, 5) is 28.8. The van der Waals surface area contributed by atoms with Gasteiger partial charge in [-0.15, -0.1) is 11.3 Å². The molecule has 3 rings (SSSR count). The van der Waals surface area contributed by atoms with Crippen LogP contribution >= 0.6 is 11.3 Å².